The Morgan fingerprint density at radius 3 is 2.54 bits per heavy atom. The highest BCUT2D eigenvalue weighted by atomic mass is 16.2. The SMILES string of the molecule is CN(C)C(=O)c1ccc(-c2cccc(N(C)C)c2)nc1NCc1cccnc1. The van der Waals surface area contributed by atoms with Crippen LogP contribution in [0.1, 0.15) is 15.9 Å². The van der Waals surface area contributed by atoms with Crippen LogP contribution in [0.2, 0.25) is 0 Å². The van der Waals surface area contributed by atoms with E-state index in [1.807, 2.05) is 50.5 Å². The van der Waals surface area contributed by atoms with Gasteiger partial charge in [0.15, 0.2) is 0 Å². The first-order valence-electron chi connectivity index (χ1n) is 9.09. The summed E-state index contributed by atoms with van der Waals surface area (Å²) < 4.78 is 0. The van der Waals surface area contributed by atoms with Crippen LogP contribution in [0, 0.1) is 0 Å². The molecule has 3 aromatic rings. The molecule has 0 saturated heterocycles. The molecular formula is C22H25N5O. The van der Waals surface area contributed by atoms with E-state index in [4.69, 9.17) is 4.98 Å². The van der Waals surface area contributed by atoms with Gasteiger partial charge in [-0.1, -0.05) is 18.2 Å². The standard InChI is InChI=1S/C22H25N5O/c1-26(2)18-9-5-8-17(13-18)20-11-10-19(22(28)27(3)4)21(25-20)24-15-16-7-6-12-23-14-16/h5-14H,15H2,1-4H3,(H,24,25). The van der Waals surface area contributed by atoms with E-state index in [0.29, 0.717) is 17.9 Å². The van der Waals surface area contributed by atoms with Gasteiger partial charge in [0.1, 0.15) is 5.82 Å². The summed E-state index contributed by atoms with van der Waals surface area (Å²) in [4.78, 5) is 25.1. The van der Waals surface area contributed by atoms with E-state index < -0.39 is 0 Å². The number of carbonyl (C=O) groups is 1. The van der Waals surface area contributed by atoms with Crippen LogP contribution < -0.4 is 10.2 Å². The van der Waals surface area contributed by atoms with Crippen molar-refractivity contribution in [1.82, 2.24) is 14.9 Å². The molecule has 1 N–H and O–H groups in total. The maximum Gasteiger partial charge on any atom is 0.257 e. The Bertz CT molecular complexity index is 954. The third-order valence-electron chi connectivity index (χ3n) is 4.37. The maximum absolute atomic E-state index is 12.6. The minimum atomic E-state index is -0.0882. The van der Waals surface area contributed by atoms with Gasteiger partial charge in [0.25, 0.3) is 5.91 Å². The van der Waals surface area contributed by atoms with Gasteiger partial charge in [-0.2, -0.15) is 0 Å². The Hall–Kier alpha value is -3.41. The van der Waals surface area contributed by atoms with Crippen molar-refractivity contribution in [3.63, 3.8) is 0 Å². The largest absolute Gasteiger partial charge is 0.378 e. The summed E-state index contributed by atoms with van der Waals surface area (Å²) in [6.07, 6.45) is 3.53. The summed E-state index contributed by atoms with van der Waals surface area (Å²) in [6, 6.07) is 15.8. The number of aromatic nitrogens is 2. The molecule has 0 atom stereocenters. The molecule has 0 fully saturated rings. The minimum absolute atomic E-state index is 0.0882. The van der Waals surface area contributed by atoms with Gasteiger partial charge in [-0.25, -0.2) is 4.98 Å². The van der Waals surface area contributed by atoms with Crippen LogP contribution in [0.15, 0.2) is 60.9 Å². The van der Waals surface area contributed by atoms with E-state index in [1.165, 1.54) is 0 Å². The Balaban J connectivity index is 1.97. The average Bonchev–Trinajstić information content (AvgIpc) is 2.72. The smallest absolute Gasteiger partial charge is 0.257 e. The summed E-state index contributed by atoms with van der Waals surface area (Å²) in [5.41, 5.74) is 4.47. The molecule has 6 nitrogen and oxygen atoms in total. The molecule has 0 aliphatic carbocycles. The summed E-state index contributed by atoms with van der Waals surface area (Å²) in [7, 11) is 7.49. The van der Waals surface area contributed by atoms with Crippen molar-refractivity contribution in [3.8, 4) is 11.3 Å². The van der Waals surface area contributed by atoms with Crippen LogP contribution in [0.4, 0.5) is 11.5 Å². The first kappa shape index (κ1) is 19.4. The Kier molecular flexibility index (Phi) is 5.89. The van der Waals surface area contributed by atoms with Crippen molar-refractivity contribution < 1.29 is 4.79 Å². The van der Waals surface area contributed by atoms with E-state index in [2.05, 4.69) is 27.3 Å². The molecular weight excluding hydrogens is 350 g/mol. The molecule has 1 aromatic carbocycles. The summed E-state index contributed by atoms with van der Waals surface area (Å²) in [5, 5.41) is 3.30. The fourth-order valence-electron chi connectivity index (χ4n) is 2.80. The quantitative estimate of drug-likeness (QED) is 0.714. The summed E-state index contributed by atoms with van der Waals surface area (Å²) >= 11 is 0. The molecule has 2 heterocycles. The van der Waals surface area contributed by atoms with Gasteiger partial charge in [-0.05, 0) is 35.9 Å². The lowest BCUT2D eigenvalue weighted by atomic mass is 10.1. The fourth-order valence-corrected chi connectivity index (χ4v) is 2.80. The predicted molar refractivity (Wildman–Crippen MR) is 114 cm³/mol. The van der Waals surface area contributed by atoms with E-state index >= 15 is 0 Å². The van der Waals surface area contributed by atoms with Crippen molar-refractivity contribution >= 4 is 17.4 Å². The number of hydrogen-bond acceptors (Lipinski definition) is 5. The molecule has 0 radical (unpaired) electrons. The number of pyridine rings is 2. The van der Waals surface area contributed by atoms with Crippen LogP contribution >= 0.6 is 0 Å². The molecule has 0 aliphatic heterocycles. The number of rotatable bonds is 6. The maximum atomic E-state index is 12.6. The molecule has 0 saturated carbocycles. The second-order valence-corrected chi connectivity index (χ2v) is 6.95. The number of amides is 1. The Labute approximate surface area is 165 Å². The summed E-state index contributed by atoms with van der Waals surface area (Å²) in [5.74, 6) is 0.477. The van der Waals surface area contributed by atoms with Gasteiger partial charge in [-0.15, -0.1) is 0 Å². The topological polar surface area (TPSA) is 61.4 Å². The van der Waals surface area contributed by atoms with E-state index in [1.54, 1.807) is 31.4 Å². The fraction of sp³-hybridized carbons (Fsp3) is 0.227. The monoisotopic (exact) mass is 375 g/mol. The number of carbonyl (C=O) groups excluding carboxylic acids is 1. The zero-order valence-corrected chi connectivity index (χ0v) is 16.7. The normalized spacial score (nSPS) is 10.4. The van der Waals surface area contributed by atoms with Crippen LogP contribution in [0.3, 0.4) is 0 Å². The van der Waals surface area contributed by atoms with Gasteiger partial charge < -0.3 is 15.1 Å². The molecule has 28 heavy (non-hydrogen) atoms. The van der Waals surface area contributed by atoms with E-state index in [0.717, 1.165) is 22.5 Å². The zero-order valence-electron chi connectivity index (χ0n) is 16.7. The predicted octanol–water partition coefficient (Wildman–Crippen LogP) is 3.52. The molecule has 144 valence electrons. The van der Waals surface area contributed by atoms with E-state index in [9.17, 15) is 4.79 Å². The molecule has 1 amide bonds. The minimum Gasteiger partial charge on any atom is -0.378 e. The Morgan fingerprint density at radius 2 is 1.86 bits per heavy atom. The first-order valence-corrected chi connectivity index (χ1v) is 9.09. The third-order valence-corrected chi connectivity index (χ3v) is 4.37. The number of benzene rings is 1. The highest BCUT2D eigenvalue weighted by molar-refractivity contribution is 5.99. The lowest BCUT2D eigenvalue weighted by Crippen LogP contribution is -2.23. The van der Waals surface area contributed by atoms with Crippen molar-refractivity contribution in [2.75, 3.05) is 38.4 Å². The lowest BCUT2D eigenvalue weighted by Gasteiger charge is -2.17. The molecule has 2 aromatic heterocycles. The van der Waals surface area contributed by atoms with Gasteiger partial charge in [0.2, 0.25) is 0 Å². The van der Waals surface area contributed by atoms with Gasteiger partial charge in [0.05, 0.1) is 11.3 Å². The number of nitrogens with zero attached hydrogens (tertiary/aromatic N) is 4. The number of anilines is 2. The van der Waals surface area contributed by atoms with Crippen molar-refractivity contribution in [3.05, 3.63) is 72.1 Å². The molecule has 0 bridgehead atoms. The van der Waals surface area contributed by atoms with Crippen molar-refractivity contribution in [2.45, 2.75) is 6.54 Å². The van der Waals surface area contributed by atoms with Crippen LogP contribution in [-0.2, 0) is 6.54 Å². The second kappa shape index (κ2) is 8.52. The van der Waals surface area contributed by atoms with Gasteiger partial charge in [0, 0.05) is 58.4 Å². The molecule has 6 heteroatoms. The van der Waals surface area contributed by atoms with Crippen LogP contribution in [0.5, 0.6) is 0 Å². The average molecular weight is 375 g/mol. The molecule has 0 spiro atoms. The molecule has 0 aliphatic rings. The van der Waals surface area contributed by atoms with Gasteiger partial charge >= 0.3 is 0 Å². The number of hydrogen-bond donors (Lipinski definition) is 1. The first-order chi connectivity index (χ1) is 13.5. The molecule has 3 rings (SSSR count). The third kappa shape index (κ3) is 4.46. The van der Waals surface area contributed by atoms with E-state index in [-0.39, 0.29) is 5.91 Å². The lowest BCUT2D eigenvalue weighted by molar-refractivity contribution is 0.0828. The molecule has 0 unspecified atom stereocenters. The highest BCUT2D eigenvalue weighted by Crippen LogP contribution is 2.26. The van der Waals surface area contributed by atoms with Gasteiger partial charge in [-0.3, -0.25) is 9.78 Å². The van der Waals surface area contributed by atoms with Crippen molar-refractivity contribution in [1.29, 1.82) is 0 Å². The second-order valence-electron chi connectivity index (χ2n) is 6.95. The zero-order chi connectivity index (χ0) is 20.1. The summed E-state index contributed by atoms with van der Waals surface area (Å²) in [6.45, 7) is 0.537. The van der Waals surface area contributed by atoms with Crippen LogP contribution in [0.25, 0.3) is 11.3 Å². The number of nitrogens with one attached hydrogen (secondary N) is 1. The highest BCUT2D eigenvalue weighted by Gasteiger charge is 2.16. The Morgan fingerprint density at radius 1 is 1.04 bits per heavy atom. The van der Waals surface area contributed by atoms with Crippen LogP contribution in [-0.4, -0.2) is 49.0 Å². The van der Waals surface area contributed by atoms with Crippen molar-refractivity contribution in [2.24, 2.45) is 0 Å².